The summed E-state index contributed by atoms with van der Waals surface area (Å²) in [6.45, 7) is 0. The van der Waals surface area contributed by atoms with E-state index in [0.717, 1.165) is 111 Å². The third kappa shape index (κ3) is 11.4. The highest BCUT2D eigenvalue weighted by molar-refractivity contribution is 6.37. The second-order valence-corrected chi connectivity index (χ2v) is 29.7. The Labute approximate surface area is 664 Å². The average molecular weight is 1440 g/mol. The molecule has 0 aliphatic heterocycles. The Balaban J connectivity index is 0.911. The number of hydrogen-bond donors (Lipinski definition) is 0. The van der Waals surface area contributed by atoms with Crippen LogP contribution in [0.3, 0.4) is 0 Å². The summed E-state index contributed by atoms with van der Waals surface area (Å²) in [6.07, 6.45) is 0. The van der Waals surface area contributed by atoms with Crippen molar-refractivity contribution in [2.45, 2.75) is 0 Å². The fourth-order valence-corrected chi connectivity index (χ4v) is 18.8. The quantitative estimate of drug-likeness (QED) is 0.0952. The van der Waals surface area contributed by atoms with Gasteiger partial charge in [0.1, 0.15) is 0 Å². The van der Waals surface area contributed by atoms with Crippen LogP contribution in [-0.4, -0.2) is 0 Å². The highest BCUT2D eigenvalue weighted by Crippen LogP contribution is 2.60. The zero-order chi connectivity index (χ0) is 75.4. The van der Waals surface area contributed by atoms with Crippen molar-refractivity contribution < 1.29 is 0 Å². The Morgan fingerprint density at radius 3 is 0.307 bits per heavy atom. The molecule has 0 aliphatic carbocycles. The molecule has 0 fully saturated rings. The molecule has 0 unspecified atom stereocenters. The molecule has 0 atom stereocenters. The van der Waals surface area contributed by atoms with Gasteiger partial charge in [0.25, 0.3) is 0 Å². The predicted octanol–water partition coefficient (Wildman–Crippen LogP) is 31.9. The first-order chi connectivity index (χ1) is 56.7. The van der Waals surface area contributed by atoms with Crippen molar-refractivity contribution in [3.05, 3.63) is 449 Å². The van der Waals surface area contributed by atoms with Crippen molar-refractivity contribution in [2.24, 2.45) is 0 Å². The molecule has 0 amide bonds. The summed E-state index contributed by atoms with van der Waals surface area (Å²) >= 11 is 0. The minimum absolute atomic E-state index is 1.09. The van der Waals surface area contributed by atoms with Crippen molar-refractivity contribution in [3.8, 4) is 156 Å². The first-order valence-corrected chi connectivity index (χ1v) is 39.6. The van der Waals surface area contributed by atoms with E-state index in [4.69, 9.17) is 0 Å². The number of rotatable bonds is 14. The van der Waals surface area contributed by atoms with Gasteiger partial charge in [-0.25, -0.2) is 0 Å². The lowest BCUT2D eigenvalue weighted by molar-refractivity contribution is 1.51. The van der Waals surface area contributed by atoms with Gasteiger partial charge < -0.3 is 0 Å². The van der Waals surface area contributed by atoms with E-state index in [2.05, 4.69) is 449 Å². The SMILES string of the molecule is c1ccc(-c2c(-c3ccccc3)c(-c3ccccc3)c(-c3ccc(-c4c(-c5ccccc5)c(-c5ccccc5)c5c6ccccc6c6ccccc6c5c4-c4ccccc4)cc3)c(-c3ccc(-c4c(-c5ccccc5)c(-c5ccccc5)c5c6ccccc6c6ccccc6c5c4-c4ccccc4)cc3)c2-c2ccccc2)cc1. The highest BCUT2D eigenvalue weighted by Gasteiger charge is 2.33. The van der Waals surface area contributed by atoms with Gasteiger partial charge in [-0.05, 0) is 220 Å². The summed E-state index contributed by atoms with van der Waals surface area (Å²) in [5.41, 5.74) is 32.3. The van der Waals surface area contributed by atoms with Crippen LogP contribution in [0.15, 0.2) is 449 Å². The van der Waals surface area contributed by atoms with Crippen LogP contribution >= 0.6 is 0 Å². The van der Waals surface area contributed by atoms with Crippen LogP contribution in [0, 0.1) is 0 Å². The number of benzene rings is 21. The van der Waals surface area contributed by atoms with E-state index in [-0.39, 0.29) is 0 Å². The molecule has 0 saturated carbocycles. The van der Waals surface area contributed by atoms with Crippen LogP contribution in [0.25, 0.3) is 220 Å². The van der Waals surface area contributed by atoms with Crippen LogP contribution in [0.4, 0.5) is 0 Å². The van der Waals surface area contributed by atoms with Crippen LogP contribution in [0.2, 0.25) is 0 Å². The van der Waals surface area contributed by atoms with Crippen LogP contribution in [0.1, 0.15) is 0 Å². The van der Waals surface area contributed by atoms with Crippen LogP contribution in [-0.2, 0) is 0 Å². The van der Waals surface area contributed by atoms with E-state index in [0.29, 0.717) is 0 Å². The highest BCUT2D eigenvalue weighted by atomic mass is 14.4. The Kier molecular flexibility index (Phi) is 17.1. The molecule has 0 heterocycles. The fraction of sp³-hybridized carbons (Fsp3) is 0. The minimum atomic E-state index is 1.09. The van der Waals surface area contributed by atoms with E-state index >= 15 is 0 Å². The van der Waals surface area contributed by atoms with Crippen LogP contribution < -0.4 is 0 Å². The maximum atomic E-state index is 2.45. The maximum Gasteiger partial charge on any atom is -0.000741 e. The zero-order valence-corrected chi connectivity index (χ0v) is 62.7. The molecule has 0 bridgehead atoms. The molecule has 0 N–H and O–H groups in total. The second-order valence-electron chi connectivity index (χ2n) is 29.7. The topological polar surface area (TPSA) is 0 Å². The molecule has 0 nitrogen and oxygen atoms in total. The summed E-state index contributed by atoms with van der Waals surface area (Å²) in [4.78, 5) is 0. The summed E-state index contributed by atoms with van der Waals surface area (Å²) in [7, 11) is 0. The van der Waals surface area contributed by atoms with Crippen molar-refractivity contribution in [3.63, 3.8) is 0 Å². The molecule has 0 aliphatic rings. The van der Waals surface area contributed by atoms with Crippen molar-refractivity contribution in [1.82, 2.24) is 0 Å². The molecule has 21 aromatic carbocycles. The van der Waals surface area contributed by atoms with Gasteiger partial charge in [0.15, 0.2) is 0 Å². The number of fused-ring (bicyclic) bond motifs is 12. The van der Waals surface area contributed by atoms with Gasteiger partial charge in [0.05, 0.1) is 0 Å². The Bertz CT molecular complexity index is 6750. The normalized spacial score (nSPS) is 11.5. The third-order valence-electron chi connectivity index (χ3n) is 23.4. The van der Waals surface area contributed by atoms with Gasteiger partial charge in [-0.3, -0.25) is 0 Å². The smallest absolute Gasteiger partial charge is 0.000741 e. The molecule has 530 valence electrons. The summed E-state index contributed by atoms with van der Waals surface area (Å²) in [5.74, 6) is 0. The van der Waals surface area contributed by atoms with Gasteiger partial charge in [0, 0.05) is 0 Å². The predicted molar refractivity (Wildman–Crippen MR) is 488 cm³/mol. The zero-order valence-electron chi connectivity index (χ0n) is 62.7. The molecular formula is C114H74. The Hall–Kier alpha value is -14.8. The van der Waals surface area contributed by atoms with Gasteiger partial charge in [-0.1, -0.05) is 449 Å². The standard InChI is InChI=1S/C114H74/c1-11-39-75(40-12-1)97-98(76-41-13-2-14-42-76)100(78-45-17-4-18-46-78)104(86-69-73-88(74-70-86)106-102(80-49-21-6-22-50-80)108(82-53-25-8-26-54-82)112-94-64-36-32-60-90(94)92-62-34-38-66-96(92)114(112)110(106)84-57-29-10-30-58-84)103(99(97)77-43-15-3-16-44-77)85-67-71-87(72-68-85)105-101(79-47-19-5-20-48-79)107(81-51-23-7-24-52-81)111-93-63-35-31-59-89(93)91-61-33-37-65-95(91)113(111)109(105)83-55-27-9-28-56-83/h1-74H. The molecule has 0 radical (unpaired) electrons. The maximum absolute atomic E-state index is 2.45. The first-order valence-electron chi connectivity index (χ1n) is 39.6. The molecular weight excluding hydrogens is 1370 g/mol. The molecule has 114 heavy (non-hydrogen) atoms. The Morgan fingerprint density at radius 2 is 0.167 bits per heavy atom. The summed E-state index contributed by atoms with van der Waals surface area (Å²) in [5, 5.41) is 14.8. The molecule has 0 aromatic heterocycles. The minimum Gasteiger partial charge on any atom is -0.0622 e. The van der Waals surface area contributed by atoms with E-state index in [1.165, 1.54) is 109 Å². The second kappa shape index (κ2) is 28.9. The molecule has 21 aromatic rings. The average Bonchev–Trinajstić information content (AvgIpc) is 0.705. The lowest BCUT2D eigenvalue weighted by atomic mass is 9.73. The van der Waals surface area contributed by atoms with Gasteiger partial charge in [0.2, 0.25) is 0 Å². The number of hydrogen-bond acceptors (Lipinski definition) is 0. The van der Waals surface area contributed by atoms with Gasteiger partial charge >= 0.3 is 0 Å². The van der Waals surface area contributed by atoms with Crippen molar-refractivity contribution in [1.29, 1.82) is 0 Å². The first kappa shape index (κ1) is 67.3. The van der Waals surface area contributed by atoms with E-state index in [1.807, 2.05) is 0 Å². The monoisotopic (exact) mass is 1440 g/mol. The Morgan fingerprint density at radius 1 is 0.0702 bits per heavy atom. The van der Waals surface area contributed by atoms with Crippen molar-refractivity contribution >= 4 is 64.6 Å². The van der Waals surface area contributed by atoms with E-state index < -0.39 is 0 Å². The van der Waals surface area contributed by atoms with Gasteiger partial charge in [-0.2, -0.15) is 0 Å². The lowest BCUT2D eigenvalue weighted by Crippen LogP contribution is -2.02. The molecule has 21 rings (SSSR count). The molecule has 0 spiro atoms. The third-order valence-corrected chi connectivity index (χ3v) is 23.4. The lowest BCUT2D eigenvalue weighted by Gasteiger charge is -2.29. The van der Waals surface area contributed by atoms with E-state index in [9.17, 15) is 0 Å². The largest absolute Gasteiger partial charge is 0.0622 e. The molecule has 0 heteroatoms. The van der Waals surface area contributed by atoms with E-state index in [1.54, 1.807) is 0 Å². The summed E-state index contributed by atoms with van der Waals surface area (Å²) in [6, 6.07) is 168. The molecule has 0 saturated heterocycles. The van der Waals surface area contributed by atoms with Gasteiger partial charge in [-0.15, -0.1) is 0 Å². The fourth-order valence-electron chi connectivity index (χ4n) is 18.8. The summed E-state index contributed by atoms with van der Waals surface area (Å²) < 4.78 is 0. The van der Waals surface area contributed by atoms with Crippen molar-refractivity contribution in [2.75, 3.05) is 0 Å². The van der Waals surface area contributed by atoms with Crippen LogP contribution in [0.5, 0.6) is 0 Å².